The van der Waals surface area contributed by atoms with Gasteiger partial charge in [0, 0.05) is 0 Å². The molecule has 0 saturated heterocycles. The Labute approximate surface area is 139 Å². The number of methoxy groups -OCH3 is 1. The van der Waals surface area contributed by atoms with Gasteiger partial charge in [0.2, 0.25) is 0 Å². The van der Waals surface area contributed by atoms with Crippen LogP contribution in [0.2, 0.25) is 5.02 Å². The van der Waals surface area contributed by atoms with E-state index in [2.05, 4.69) is 10.6 Å². The first-order valence-corrected chi connectivity index (χ1v) is 7.32. The third kappa shape index (κ3) is 3.75. The van der Waals surface area contributed by atoms with Crippen LogP contribution in [0.5, 0.6) is 5.75 Å². The number of benzene rings is 2. The van der Waals surface area contributed by atoms with E-state index in [4.69, 9.17) is 28.6 Å². The summed E-state index contributed by atoms with van der Waals surface area (Å²) in [6.07, 6.45) is 0. The van der Waals surface area contributed by atoms with Gasteiger partial charge in [0.1, 0.15) is 5.75 Å². The maximum Gasteiger partial charge on any atom is 0.261 e. The number of halogens is 1. The number of aryl methyl sites for hydroxylation is 1. The summed E-state index contributed by atoms with van der Waals surface area (Å²) in [6, 6.07) is 12.5. The highest BCUT2D eigenvalue weighted by Crippen LogP contribution is 2.23. The van der Waals surface area contributed by atoms with E-state index in [1.807, 2.05) is 25.1 Å². The molecular weight excluding hydrogens is 320 g/mol. The normalized spacial score (nSPS) is 9.95. The number of hydrogen-bond acceptors (Lipinski definition) is 3. The Hall–Kier alpha value is -2.11. The molecule has 0 heterocycles. The van der Waals surface area contributed by atoms with Crippen LogP contribution in [0.15, 0.2) is 42.5 Å². The first-order valence-electron chi connectivity index (χ1n) is 6.53. The minimum atomic E-state index is -0.342. The predicted molar refractivity (Wildman–Crippen MR) is 92.9 cm³/mol. The molecule has 0 fully saturated rings. The summed E-state index contributed by atoms with van der Waals surface area (Å²) in [5.41, 5.74) is 1.93. The molecule has 2 N–H and O–H groups in total. The molecule has 1 amide bonds. The van der Waals surface area contributed by atoms with Crippen LogP contribution in [0, 0.1) is 6.92 Å². The number of amides is 1. The van der Waals surface area contributed by atoms with Crippen molar-refractivity contribution >= 4 is 40.5 Å². The van der Waals surface area contributed by atoms with E-state index in [1.54, 1.807) is 24.3 Å². The molecule has 2 rings (SSSR count). The van der Waals surface area contributed by atoms with Crippen molar-refractivity contribution < 1.29 is 9.53 Å². The zero-order valence-electron chi connectivity index (χ0n) is 12.1. The van der Waals surface area contributed by atoms with Gasteiger partial charge in [0.05, 0.1) is 23.4 Å². The van der Waals surface area contributed by atoms with Gasteiger partial charge in [-0.3, -0.25) is 10.1 Å². The summed E-state index contributed by atoms with van der Waals surface area (Å²) in [7, 11) is 1.53. The van der Waals surface area contributed by atoms with Crippen molar-refractivity contribution in [2.45, 2.75) is 6.92 Å². The first-order chi connectivity index (χ1) is 10.5. The highest BCUT2D eigenvalue weighted by Gasteiger charge is 2.15. The number of nitrogens with one attached hydrogen (secondary N) is 2. The molecule has 0 atom stereocenters. The molecule has 0 saturated carbocycles. The van der Waals surface area contributed by atoms with Gasteiger partial charge in [-0.1, -0.05) is 35.9 Å². The molecule has 114 valence electrons. The minimum absolute atomic E-state index is 0.168. The maximum atomic E-state index is 12.3. The highest BCUT2D eigenvalue weighted by molar-refractivity contribution is 7.80. The number of ether oxygens (including phenoxy) is 1. The SMILES string of the molecule is COc1c(C)cccc1C(=O)NC(=S)Nc1ccccc1Cl. The van der Waals surface area contributed by atoms with E-state index >= 15 is 0 Å². The zero-order chi connectivity index (χ0) is 16.1. The molecule has 0 radical (unpaired) electrons. The number of anilines is 1. The standard InChI is InChI=1S/C16H15ClN2O2S/c1-10-6-5-7-11(14(10)21-2)15(20)19-16(22)18-13-9-4-3-8-12(13)17/h3-9H,1-2H3,(H2,18,19,20,22). The maximum absolute atomic E-state index is 12.3. The fourth-order valence-corrected chi connectivity index (χ4v) is 2.37. The molecule has 2 aromatic carbocycles. The van der Waals surface area contributed by atoms with Gasteiger partial charge < -0.3 is 10.1 Å². The number of para-hydroxylation sites is 2. The molecule has 2 aromatic rings. The van der Waals surface area contributed by atoms with Crippen molar-refractivity contribution in [1.29, 1.82) is 0 Å². The fraction of sp³-hybridized carbons (Fsp3) is 0.125. The third-order valence-corrected chi connectivity index (χ3v) is 3.54. The van der Waals surface area contributed by atoms with Gasteiger partial charge in [-0.05, 0) is 42.9 Å². The summed E-state index contributed by atoms with van der Waals surface area (Å²) < 4.78 is 5.27. The number of carbonyl (C=O) groups is 1. The summed E-state index contributed by atoms with van der Waals surface area (Å²) in [4.78, 5) is 12.3. The van der Waals surface area contributed by atoms with Crippen molar-refractivity contribution in [3.05, 3.63) is 58.6 Å². The highest BCUT2D eigenvalue weighted by atomic mass is 35.5. The fourth-order valence-electron chi connectivity index (χ4n) is 1.99. The van der Waals surface area contributed by atoms with Crippen molar-refractivity contribution in [2.75, 3.05) is 12.4 Å². The van der Waals surface area contributed by atoms with Crippen LogP contribution in [0.3, 0.4) is 0 Å². The number of thiocarbonyl (C=S) groups is 1. The molecule has 4 nitrogen and oxygen atoms in total. The molecule has 22 heavy (non-hydrogen) atoms. The van der Waals surface area contributed by atoms with Gasteiger partial charge in [-0.2, -0.15) is 0 Å². The van der Waals surface area contributed by atoms with Crippen molar-refractivity contribution in [3.8, 4) is 5.75 Å². The Bertz CT molecular complexity index is 719. The molecule has 6 heteroatoms. The quantitative estimate of drug-likeness (QED) is 0.839. The zero-order valence-corrected chi connectivity index (χ0v) is 13.7. The summed E-state index contributed by atoms with van der Waals surface area (Å²) >= 11 is 11.2. The van der Waals surface area contributed by atoms with Gasteiger partial charge in [-0.25, -0.2) is 0 Å². The number of hydrogen-bond donors (Lipinski definition) is 2. The second-order valence-corrected chi connectivity index (χ2v) is 5.36. The van der Waals surface area contributed by atoms with E-state index in [0.717, 1.165) is 5.56 Å². The molecule has 0 spiro atoms. The predicted octanol–water partition coefficient (Wildman–Crippen LogP) is 3.78. The van der Waals surface area contributed by atoms with Crippen LogP contribution in [-0.4, -0.2) is 18.1 Å². The molecule has 0 aliphatic carbocycles. The van der Waals surface area contributed by atoms with Crippen molar-refractivity contribution in [2.24, 2.45) is 0 Å². The van der Waals surface area contributed by atoms with Crippen LogP contribution in [-0.2, 0) is 0 Å². The Morgan fingerprint density at radius 3 is 2.59 bits per heavy atom. The smallest absolute Gasteiger partial charge is 0.261 e. The lowest BCUT2D eigenvalue weighted by atomic mass is 10.1. The summed E-state index contributed by atoms with van der Waals surface area (Å²) in [5, 5.41) is 6.20. The molecular formula is C16H15ClN2O2S. The van der Waals surface area contributed by atoms with Gasteiger partial charge >= 0.3 is 0 Å². The number of carbonyl (C=O) groups excluding carboxylic acids is 1. The average Bonchev–Trinajstić information content (AvgIpc) is 2.49. The molecule has 0 aliphatic heterocycles. The Kier molecular flexibility index (Phi) is 5.35. The molecule has 0 aliphatic rings. The van der Waals surface area contributed by atoms with E-state index in [-0.39, 0.29) is 11.0 Å². The molecule has 0 bridgehead atoms. The van der Waals surface area contributed by atoms with Crippen LogP contribution >= 0.6 is 23.8 Å². The van der Waals surface area contributed by atoms with Gasteiger partial charge in [-0.15, -0.1) is 0 Å². The van der Waals surface area contributed by atoms with Crippen LogP contribution in [0.25, 0.3) is 0 Å². The molecule has 0 aromatic heterocycles. The minimum Gasteiger partial charge on any atom is -0.496 e. The van der Waals surface area contributed by atoms with E-state index in [9.17, 15) is 4.79 Å². The largest absolute Gasteiger partial charge is 0.496 e. The van der Waals surface area contributed by atoms with E-state index in [0.29, 0.717) is 22.0 Å². The topological polar surface area (TPSA) is 50.4 Å². The van der Waals surface area contributed by atoms with Crippen molar-refractivity contribution in [1.82, 2.24) is 5.32 Å². The lowest BCUT2D eigenvalue weighted by molar-refractivity contribution is 0.0974. The Morgan fingerprint density at radius 1 is 1.18 bits per heavy atom. The molecule has 0 unspecified atom stereocenters. The monoisotopic (exact) mass is 334 g/mol. The van der Waals surface area contributed by atoms with Crippen LogP contribution in [0.4, 0.5) is 5.69 Å². The Balaban J connectivity index is 2.11. The first kappa shape index (κ1) is 16.3. The summed E-state index contributed by atoms with van der Waals surface area (Å²) in [5.74, 6) is 0.186. The van der Waals surface area contributed by atoms with E-state index < -0.39 is 0 Å². The average molecular weight is 335 g/mol. The lowest BCUT2D eigenvalue weighted by Gasteiger charge is -2.13. The lowest BCUT2D eigenvalue weighted by Crippen LogP contribution is -2.34. The van der Waals surface area contributed by atoms with E-state index in [1.165, 1.54) is 7.11 Å². The summed E-state index contributed by atoms with van der Waals surface area (Å²) in [6.45, 7) is 1.87. The Morgan fingerprint density at radius 2 is 1.91 bits per heavy atom. The van der Waals surface area contributed by atoms with Gasteiger partial charge in [0.15, 0.2) is 5.11 Å². The second kappa shape index (κ2) is 7.24. The number of rotatable bonds is 3. The van der Waals surface area contributed by atoms with Crippen LogP contribution < -0.4 is 15.4 Å². The van der Waals surface area contributed by atoms with Crippen LogP contribution in [0.1, 0.15) is 15.9 Å². The van der Waals surface area contributed by atoms with Gasteiger partial charge in [0.25, 0.3) is 5.91 Å². The third-order valence-electron chi connectivity index (χ3n) is 3.01. The van der Waals surface area contributed by atoms with Crippen molar-refractivity contribution in [3.63, 3.8) is 0 Å². The second-order valence-electron chi connectivity index (χ2n) is 4.54.